The Morgan fingerprint density at radius 2 is 2.25 bits per heavy atom. The van der Waals surface area contributed by atoms with Crippen molar-refractivity contribution in [2.75, 3.05) is 5.75 Å². The van der Waals surface area contributed by atoms with E-state index in [0.717, 1.165) is 0 Å². The molecule has 0 saturated carbocycles. The van der Waals surface area contributed by atoms with Gasteiger partial charge in [-0.1, -0.05) is 0 Å². The number of hydrogen-bond donors (Lipinski definition) is 4. The van der Waals surface area contributed by atoms with E-state index < -0.39 is 30.1 Å². The van der Waals surface area contributed by atoms with E-state index in [2.05, 4.69) is 27.6 Å². The van der Waals surface area contributed by atoms with E-state index in [-0.39, 0.29) is 5.84 Å². The zero-order valence-corrected chi connectivity index (χ0v) is 11.6. The van der Waals surface area contributed by atoms with Crippen molar-refractivity contribution < 1.29 is 14.9 Å². The SMILES string of the molecule is CC12N=CN([C@@H]3O[C@H](CS)[C@@H](O)[C@H]3O)C1=NC=NC2=N. The van der Waals surface area contributed by atoms with E-state index in [0.29, 0.717) is 11.6 Å². The minimum absolute atomic E-state index is 0.0695. The molecule has 0 aliphatic carbocycles. The van der Waals surface area contributed by atoms with Crippen LogP contribution in [0.1, 0.15) is 6.92 Å². The summed E-state index contributed by atoms with van der Waals surface area (Å²) in [5.41, 5.74) is -0.970. The van der Waals surface area contributed by atoms with Gasteiger partial charge in [-0.05, 0) is 6.92 Å². The third kappa shape index (κ3) is 1.74. The van der Waals surface area contributed by atoms with Crippen LogP contribution >= 0.6 is 12.6 Å². The van der Waals surface area contributed by atoms with Gasteiger partial charge in [-0.3, -0.25) is 15.3 Å². The summed E-state index contributed by atoms with van der Waals surface area (Å²) in [5, 5.41) is 27.9. The van der Waals surface area contributed by atoms with Crippen LogP contribution in [0.25, 0.3) is 0 Å². The largest absolute Gasteiger partial charge is 0.387 e. The normalized spacial score (nSPS) is 43.1. The topological polar surface area (TPSA) is 114 Å². The quantitative estimate of drug-likeness (QED) is 0.484. The Balaban J connectivity index is 1.90. The molecule has 0 bridgehead atoms. The second kappa shape index (κ2) is 4.62. The van der Waals surface area contributed by atoms with Gasteiger partial charge in [-0.2, -0.15) is 12.6 Å². The summed E-state index contributed by atoms with van der Waals surface area (Å²) >= 11 is 4.09. The number of aliphatic hydroxyl groups is 2. The van der Waals surface area contributed by atoms with E-state index in [1.165, 1.54) is 17.6 Å². The lowest BCUT2D eigenvalue weighted by Gasteiger charge is -2.31. The molecule has 0 aromatic rings. The number of nitrogens with zero attached hydrogens (tertiary/aromatic N) is 4. The van der Waals surface area contributed by atoms with Gasteiger partial charge in [-0.25, -0.2) is 9.98 Å². The van der Waals surface area contributed by atoms with Crippen molar-refractivity contribution in [2.45, 2.75) is 37.0 Å². The molecule has 3 N–H and O–H groups in total. The van der Waals surface area contributed by atoms with E-state index in [1.807, 2.05) is 0 Å². The molecule has 0 aromatic carbocycles. The molecule has 1 saturated heterocycles. The van der Waals surface area contributed by atoms with Crippen LogP contribution in [0.4, 0.5) is 0 Å². The van der Waals surface area contributed by atoms with Gasteiger partial charge in [0.25, 0.3) is 0 Å². The lowest BCUT2D eigenvalue weighted by Crippen LogP contribution is -2.52. The van der Waals surface area contributed by atoms with Crippen molar-refractivity contribution >= 4 is 37.0 Å². The van der Waals surface area contributed by atoms with Crippen LogP contribution in [0.15, 0.2) is 15.0 Å². The fourth-order valence-corrected chi connectivity index (χ4v) is 2.77. The molecule has 0 radical (unpaired) electrons. The maximum Gasteiger partial charge on any atom is 0.176 e. The minimum atomic E-state index is -1.10. The zero-order chi connectivity index (χ0) is 14.5. The molecule has 5 atom stereocenters. The molecule has 3 aliphatic rings. The Morgan fingerprint density at radius 3 is 2.90 bits per heavy atom. The van der Waals surface area contributed by atoms with Crippen molar-refractivity contribution in [3.05, 3.63) is 0 Å². The van der Waals surface area contributed by atoms with Crippen molar-refractivity contribution in [3.8, 4) is 0 Å². The highest BCUT2D eigenvalue weighted by molar-refractivity contribution is 7.80. The number of thiol groups is 1. The third-order valence-electron chi connectivity index (χ3n) is 3.74. The molecule has 20 heavy (non-hydrogen) atoms. The summed E-state index contributed by atoms with van der Waals surface area (Å²) < 4.78 is 5.61. The second-order valence-electron chi connectivity index (χ2n) is 5.00. The van der Waals surface area contributed by atoms with Crippen LogP contribution in [0.3, 0.4) is 0 Å². The third-order valence-corrected chi connectivity index (χ3v) is 4.10. The van der Waals surface area contributed by atoms with Gasteiger partial charge in [0.05, 0.1) is 12.4 Å². The van der Waals surface area contributed by atoms with Gasteiger partial charge >= 0.3 is 0 Å². The average molecular weight is 297 g/mol. The highest BCUT2D eigenvalue weighted by atomic mass is 32.1. The highest BCUT2D eigenvalue weighted by Crippen LogP contribution is 2.31. The second-order valence-corrected chi connectivity index (χ2v) is 5.36. The Labute approximate surface area is 120 Å². The molecule has 8 nitrogen and oxygen atoms in total. The van der Waals surface area contributed by atoms with Crippen molar-refractivity contribution in [1.82, 2.24) is 4.90 Å². The van der Waals surface area contributed by atoms with Crippen molar-refractivity contribution in [2.24, 2.45) is 15.0 Å². The summed E-state index contributed by atoms with van der Waals surface area (Å²) in [6, 6.07) is 0. The predicted molar refractivity (Wildman–Crippen MR) is 76.9 cm³/mol. The van der Waals surface area contributed by atoms with Crippen LogP contribution in [0, 0.1) is 5.41 Å². The van der Waals surface area contributed by atoms with Crippen LogP contribution in [0.2, 0.25) is 0 Å². The monoisotopic (exact) mass is 297 g/mol. The fraction of sp³-hybridized carbons (Fsp3) is 0.636. The van der Waals surface area contributed by atoms with Gasteiger partial charge < -0.3 is 14.9 Å². The number of fused-ring (bicyclic) bond motifs is 1. The van der Waals surface area contributed by atoms with Crippen molar-refractivity contribution in [1.29, 1.82) is 5.41 Å². The van der Waals surface area contributed by atoms with E-state index in [4.69, 9.17) is 10.1 Å². The number of aliphatic hydroxyl groups excluding tert-OH is 2. The van der Waals surface area contributed by atoms with E-state index in [1.54, 1.807) is 6.92 Å². The Hall–Kier alpha value is -1.29. The molecule has 108 valence electrons. The molecule has 0 spiro atoms. The molecule has 0 aromatic heterocycles. The van der Waals surface area contributed by atoms with Gasteiger partial charge in [0.1, 0.15) is 24.4 Å². The van der Waals surface area contributed by atoms with Crippen LogP contribution in [0.5, 0.6) is 0 Å². The average Bonchev–Trinajstić information content (AvgIpc) is 2.91. The first-order valence-electron chi connectivity index (χ1n) is 6.15. The number of aliphatic imine (C=N–C) groups is 3. The van der Waals surface area contributed by atoms with E-state index in [9.17, 15) is 10.2 Å². The number of amidine groups is 2. The molecule has 1 fully saturated rings. The summed E-state index contributed by atoms with van der Waals surface area (Å²) in [5.74, 6) is 0.814. The van der Waals surface area contributed by atoms with Gasteiger partial charge in [0.2, 0.25) is 0 Å². The lowest BCUT2D eigenvalue weighted by molar-refractivity contribution is -0.0297. The Kier molecular flexibility index (Phi) is 3.16. The Bertz CT molecular complexity index is 536. The van der Waals surface area contributed by atoms with Gasteiger partial charge in [-0.15, -0.1) is 0 Å². The predicted octanol–water partition coefficient (Wildman–Crippen LogP) is -1.12. The molecular formula is C11H15N5O3S. The highest BCUT2D eigenvalue weighted by Gasteiger charge is 2.52. The first-order valence-corrected chi connectivity index (χ1v) is 6.78. The molecule has 1 unspecified atom stereocenters. The molecule has 3 heterocycles. The molecule has 3 aliphatic heterocycles. The van der Waals surface area contributed by atoms with Crippen LogP contribution < -0.4 is 0 Å². The first-order chi connectivity index (χ1) is 9.49. The van der Waals surface area contributed by atoms with E-state index >= 15 is 0 Å². The Morgan fingerprint density at radius 1 is 1.50 bits per heavy atom. The minimum Gasteiger partial charge on any atom is -0.387 e. The maximum atomic E-state index is 10.1. The number of ether oxygens (including phenoxy) is 1. The first kappa shape index (κ1) is 13.7. The molecule has 3 rings (SSSR count). The summed E-state index contributed by atoms with van der Waals surface area (Å²) in [7, 11) is 0. The summed E-state index contributed by atoms with van der Waals surface area (Å²) in [6.07, 6.45) is -0.744. The van der Waals surface area contributed by atoms with Crippen LogP contribution in [-0.4, -0.2) is 75.3 Å². The summed E-state index contributed by atoms with van der Waals surface area (Å²) in [4.78, 5) is 13.8. The fourth-order valence-electron chi connectivity index (χ4n) is 2.46. The van der Waals surface area contributed by atoms with Gasteiger partial charge in [0, 0.05) is 5.75 Å². The standard InChI is InChI=1S/C11H15N5O3S/c1-11-9(12)13-3-14-10(11)16(4-15-11)8-7(18)6(17)5(2-20)19-8/h3-8,12,17-18,20H,2H2,1H3/t5-,6-,7-,8-,11?/m1/s1. The smallest absolute Gasteiger partial charge is 0.176 e. The summed E-state index contributed by atoms with van der Waals surface area (Å²) in [6.45, 7) is 1.72. The molecule has 9 heteroatoms. The number of hydrogen-bond acceptors (Lipinski definition) is 8. The number of nitrogens with one attached hydrogen (secondary N) is 1. The number of rotatable bonds is 2. The molecule has 0 amide bonds. The van der Waals surface area contributed by atoms with Crippen LogP contribution in [-0.2, 0) is 4.74 Å². The van der Waals surface area contributed by atoms with Crippen molar-refractivity contribution in [3.63, 3.8) is 0 Å². The molecular weight excluding hydrogens is 282 g/mol. The lowest BCUT2D eigenvalue weighted by atomic mass is 9.99. The van der Waals surface area contributed by atoms with Gasteiger partial charge in [0.15, 0.2) is 17.6 Å². The maximum absolute atomic E-state index is 10.1. The zero-order valence-electron chi connectivity index (χ0n) is 10.7.